The van der Waals surface area contributed by atoms with Gasteiger partial charge in [0.15, 0.2) is 0 Å². The maximum Gasteiger partial charge on any atom is 0.491 e. The molecular weight excluding hydrogens is 429 g/mol. The summed E-state index contributed by atoms with van der Waals surface area (Å²) in [4.78, 5) is 29.8. The normalized spacial score (nSPS) is 19.2. The number of halogens is 3. The number of esters is 2. The summed E-state index contributed by atoms with van der Waals surface area (Å²) in [5.74, 6) is -4.51. The van der Waals surface area contributed by atoms with Gasteiger partial charge in [-0.2, -0.15) is 13.2 Å². The van der Waals surface area contributed by atoms with Gasteiger partial charge in [-0.3, -0.25) is 4.79 Å². The third kappa shape index (κ3) is 4.82. The number of carbonyl (C=O) groups is 2. The molecule has 1 saturated heterocycles. The van der Waals surface area contributed by atoms with Crippen molar-refractivity contribution in [1.29, 1.82) is 0 Å². The highest BCUT2D eigenvalue weighted by molar-refractivity contribution is 7.07. The Hall–Kier alpha value is -2.26. The number of fused-ring (bicyclic) bond motifs is 2. The van der Waals surface area contributed by atoms with E-state index in [2.05, 4.69) is 38.9 Å². The van der Waals surface area contributed by atoms with Gasteiger partial charge in [0.1, 0.15) is 0 Å². The minimum atomic E-state index is -5.20. The van der Waals surface area contributed by atoms with Crippen LogP contribution in [0.25, 0.3) is 0 Å². The number of hydrogen-bond acceptors (Lipinski definition) is 6. The number of rotatable bonds is 5. The van der Waals surface area contributed by atoms with Crippen LogP contribution in [0.4, 0.5) is 13.2 Å². The lowest BCUT2D eigenvalue weighted by molar-refractivity contribution is -0.203. The molecule has 5 nitrogen and oxygen atoms in total. The molecule has 0 saturated carbocycles. The van der Waals surface area contributed by atoms with E-state index in [0.29, 0.717) is 5.69 Å². The molecule has 9 heteroatoms. The number of benzene rings is 1. The highest BCUT2D eigenvalue weighted by Gasteiger charge is 2.44. The van der Waals surface area contributed by atoms with Gasteiger partial charge in [0, 0.05) is 18.3 Å². The Balaban J connectivity index is 1.42. The lowest BCUT2D eigenvalue weighted by atomic mass is 9.73. The second kappa shape index (κ2) is 8.70. The Morgan fingerprint density at radius 1 is 1.19 bits per heavy atom. The first-order valence-corrected chi connectivity index (χ1v) is 11.2. The summed E-state index contributed by atoms with van der Waals surface area (Å²) in [6.07, 6.45) is -1.03. The minimum Gasteiger partial charge on any atom is -0.386 e. The molecule has 1 fully saturated rings. The fraction of sp³-hybridized carbons (Fsp3) is 0.500. The number of ether oxygens (including phenoxy) is 1. The lowest BCUT2D eigenvalue weighted by Crippen LogP contribution is -2.45. The first-order chi connectivity index (χ1) is 14.8. The largest absolute Gasteiger partial charge is 0.491 e. The highest BCUT2D eigenvalue weighted by atomic mass is 32.1. The topological polar surface area (TPSA) is 59.5 Å². The Bertz CT molecular complexity index is 938. The molecule has 1 aromatic carbocycles. The van der Waals surface area contributed by atoms with Crippen LogP contribution in [0.15, 0.2) is 35.2 Å². The predicted molar refractivity (Wildman–Crippen MR) is 109 cm³/mol. The molecular formula is C22H23F3N2O3S. The molecule has 1 aromatic heterocycles. The molecule has 4 rings (SSSR count). The number of aryl methyl sites for hydroxylation is 1. The highest BCUT2D eigenvalue weighted by Crippen LogP contribution is 2.46. The average molecular weight is 452 g/mol. The minimum absolute atomic E-state index is 0.137. The van der Waals surface area contributed by atoms with Crippen LogP contribution in [0.3, 0.4) is 0 Å². The maximum atomic E-state index is 12.6. The van der Waals surface area contributed by atoms with Gasteiger partial charge < -0.3 is 9.64 Å². The molecule has 0 bridgehead atoms. The van der Waals surface area contributed by atoms with Crippen molar-refractivity contribution in [2.75, 3.05) is 19.6 Å². The molecule has 1 aliphatic carbocycles. The van der Waals surface area contributed by atoms with Crippen LogP contribution in [0.5, 0.6) is 0 Å². The monoisotopic (exact) mass is 452 g/mol. The van der Waals surface area contributed by atoms with Crippen molar-refractivity contribution in [3.63, 3.8) is 0 Å². The van der Waals surface area contributed by atoms with Crippen LogP contribution in [-0.4, -0.2) is 47.6 Å². The van der Waals surface area contributed by atoms with E-state index in [9.17, 15) is 22.8 Å². The number of piperidine rings is 1. The van der Waals surface area contributed by atoms with E-state index < -0.39 is 24.0 Å². The lowest BCUT2D eigenvalue weighted by Gasteiger charge is -2.41. The zero-order valence-corrected chi connectivity index (χ0v) is 17.7. The van der Waals surface area contributed by atoms with Gasteiger partial charge in [0.05, 0.1) is 17.1 Å². The Morgan fingerprint density at radius 3 is 2.61 bits per heavy atom. The van der Waals surface area contributed by atoms with Crippen LogP contribution in [-0.2, 0) is 32.6 Å². The number of thiazole rings is 1. The number of nitrogens with zero attached hydrogens (tertiary/aromatic N) is 2. The molecule has 1 spiro atoms. The van der Waals surface area contributed by atoms with E-state index in [1.54, 1.807) is 10.9 Å². The van der Waals surface area contributed by atoms with Crippen molar-refractivity contribution >= 4 is 23.3 Å². The molecule has 2 heterocycles. The van der Waals surface area contributed by atoms with E-state index in [1.807, 2.05) is 0 Å². The van der Waals surface area contributed by atoms with Gasteiger partial charge in [-0.15, -0.1) is 11.3 Å². The van der Waals surface area contributed by atoms with Gasteiger partial charge in [-0.05, 0) is 55.3 Å². The van der Waals surface area contributed by atoms with Crippen LogP contribution in [0.1, 0.15) is 36.1 Å². The summed E-state index contributed by atoms with van der Waals surface area (Å²) in [5, 5.41) is 1.74. The fourth-order valence-electron chi connectivity index (χ4n) is 4.80. The van der Waals surface area contributed by atoms with Crippen LogP contribution < -0.4 is 0 Å². The standard InChI is InChI=1S/C22H23F3N2O3S/c23-22(24,25)20(29)30-19(28)16(11-17-13-31-14-26-17)12-27-9-7-21(8-10-27)6-5-15-3-1-2-4-18(15)21/h1-4,13-14,16H,5-12H2. The summed E-state index contributed by atoms with van der Waals surface area (Å²) in [6.45, 7) is 1.71. The second-order valence-electron chi connectivity index (χ2n) is 8.33. The van der Waals surface area contributed by atoms with Gasteiger partial charge >= 0.3 is 18.1 Å². The number of alkyl halides is 3. The molecule has 1 unspecified atom stereocenters. The molecule has 31 heavy (non-hydrogen) atoms. The van der Waals surface area contributed by atoms with Crippen molar-refractivity contribution in [2.45, 2.75) is 43.7 Å². The number of aromatic nitrogens is 1. The predicted octanol–water partition coefficient (Wildman–Crippen LogP) is 3.91. The van der Waals surface area contributed by atoms with Crippen LogP contribution in [0.2, 0.25) is 0 Å². The molecule has 2 aromatic rings. The van der Waals surface area contributed by atoms with Gasteiger partial charge in [0.25, 0.3) is 0 Å². The molecule has 2 aliphatic rings. The van der Waals surface area contributed by atoms with Crippen LogP contribution in [0, 0.1) is 5.92 Å². The zero-order chi connectivity index (χ0) is 22.1. The van der Waals surface area contributed by atoms with Gasteiger partial charge in [-0.1, -0.05) is 24.3 Å². The van der Waals surface area contributed by atoms with Crippen molar-refractivity contribution in [3.05, 3.63) is 52.0 Å². The summed E-state index contributed by atoms with van der Waals surface area (Å²) in [7, 11) is 0. The number of hydrogen-bond donors (Lipinski definition) is 0. The number of carbonyl (C=O) groups excluding carboxylic acids is 2. The van der Waals surface area contributed by atoms with E-state index in [0.717, 1.165) is 38.8 Å². The quantitative estimate of drug-likeness (QED) is 0.509. The SMILES string of the molecule is O=C(OC(=O)C(F)(F)F)C(Cc1cscn1)CN1CCC2(CCc3ccccc32)CC1. The summed E-state index contributed by atoms with van der Waals surface area (Å²) in [5.41, 5.74) is 5.14. The van der Waals surface area contributed by atoms with Crippen LogP contribution >= 0.6 is 11.3 Å². The van der Waals surface area contributed by atoms with Crippen molar-refractivity contribution in [3.8, 4) is 0 Å². The van der Waals surface area contributed by atoms with E-state index >= 15 is 0 Å². The zero-order valence-electron chi connectivity index (χ0n) is 16.9. The first kappa shape index (κ1) is 22.0. The Labute approximate surface area is 182 Å². The summed E-state index contributed by atoms with van der Waals surface area (Å²) in [6, 6.07) is 8.50. The first-order valence-electron chi connectivity index (χ1n) is 10.3. The van der Waals surface area contributed by atoms with Gasteiger partial charge in [-0.25, -0.2) is 9.78 Å². The average Bonchev–Trinajstić information content (AvgIpc) is 3.37. The Morgan fingerprint density at radius 2 is 1.94 bits per heavy atom. The smallest absolute Gasteiger partial charge is 0.386 e. The van der Waals surface area contributed by atoms with Crippen molar-refractivity contribution in [1.82, 2.24) is 9.88 Å². The molecule has 166 valence electrons. The molecule has 1 aliphatic heterocycles. The van der Waals surface area contributed by atoms with E-state index in [1.165, 1.54) is 22.5 Å². The molecule has 0 amide bonds. The number of likely N-dealkylation sites (tertiary alicyclic amines) is 1. The van der Waals surface area contributed by atoms with Crippen molar-refractivity contribution in [2.24, 2.45) is 5.92 Å². The fourth-order valence-corrected chi connectivity index (χ4v) is 5.38. The molecule has 0 N–H and O–H groups in total. The third-order valence-corrected chi connectivity index (χ3v) is 7.09. The van der Waals surface area contributed by atoms with Gasteiger partial charge in [0.2, 0.25) is 0 Å². The summed E-state index contributed by atoms with van der Waals surface area (Å²) < 4.78 is 41.8. The van der Waals surface area contributed by atoms with Crippen molar-refractivity contribution < 1.29 is 27.5 Å². The maximum absolute atomic E-state index is 12.6. The van der Waals surface area contributed by atoms with E-state index in [-0.39, 0.29) is 18.4 Å². The second-order valence-corrected chi connectivity index (χ2v) is 9.04. The summed E-state index contributed by atoms with van der Waals surface area (Å²) >= 11 is 1.34. The molecule has 0 radical (unpaired) electrons. The van der Waals surface area contributed by atoms with E-state index in [4.69, 9.17) is 0 Å². The molecule has 1 atom stereocenters. The third-order valence-electron chi connectivity index (χ3n) is 6.45. The Kier molecular flexibility index (Phi) is 6.16.